The summed E-state index contributed by atoms with van der Waals surface area (Å²) in [4.78, 5) is 5.47. The minimum absolute atomic E-state index is 0.541. The van der Waals surface area contributed by atoms with Gasteiger partial charge in [-0.05, 0) is 41.6 Å². The quantitative estimate of drug-likeness (QED) is 0.832. The first-order valence-electron chi connectivity index (χ1n) is 9.51. The molecule has 1 aromatic carbocycles. The third kappa shape index (κ3) is 2.46. The third-order valence-electron chi connectivity index (χ3n) is 7.84. The Morgan fingerprint density at radius 3 is 2.26 bits per heavy atom. The van der Waals surface area contributed by atoms with Crippen LogP contribution in [0.4, 0.5) is 0 Å². The van der Waals surface area contributed by atoms with E-state index in [9.17, 15) is 0 Å². The molecule has 1 heterocycles. The topological polar surface area (TPSA) is 6.48 Å². The van der Waals surface area contributed by atoms with Crippen LogP contribution in [0.5, 0.6) is 0 Å². The molecule has 1 saturated heterocycles. The molecule has 1 aromatic rings. The number of rotatable bonds is 3. The van der Waals surface area contributed by atoms with E-state index in [1.54, 1.807) is 0 Å². The highest BCUT2D eigenvalue weighted by Gasteiger charge is 2.62. The molecule has 0 unspecified atom stereocenters. The van der Waals surface area contributed by atoms with Crippen molar-refractivity contribution in [2.75, 3.05) is 26.2 Å². The summed E-state index contributed by atoms with van der Waals surface area (Å²) in [6.07, 6.45) is 4.36. The highest BCUT2D eigenvalue weighted by Crippen LogP contribution is 2.66. The molecule has 3 aliphatic rings. The summed E-state index contributed by atoms with van der Waals surface area (Å²) in [7, 11) is 0. The molecule has 0 radical (unpaired) electrons. The highest BCUT2D eigenvalue weighted by molar-refractivity contribution is 5.15. The Morgan fingerprint density at radius 1 is 1.00 bits per heavy atom. The van der Waals surface area contributed by atoms with Gasteiger partial charge < -0.3 is 0 Å². The Balaban J connectivity index is 1.37. The number of nitrogens with zero attached hydrogens (tertiary/aromatic N) is 2. The zero-order chi connectivity index (χ0) is 16.1. The molecule has 0 spiro atoms. The maximum atomic E-state index is 2.84. The van der Waals surface area contributed by atoms with E-state index in [0.29, 0.717) is 10.8 Å². The maximum Gasteiger partial charge on any atom is 0.0234 e. The van der Waals surface area contributed by atoms with Gasteiger partial charge in [-0.3, -0.25) is 9.80 Å². The van der Waals surface area contributed by atoms with Gasteiger partial charge in [0, 0.05) is 38.8 Å². The van der Waals surface area contributed by atoms with Crippen molar-refractivity contribution in [2.24, 2.45) is 16.7 Å². The van der Waals surface area contributed by atoms with Gasteiger partial charge in [-0.25, -0.2) is 0 Å². The van der Waals surface area contributed by atoms with Crippen molar-refractivity contribution in [1.82, 2.24) is 9.80 Å². The second-order valence-corrected chi connectivity index (χ2v) is 8.92. The van der Waals surface area contributed by atoms with Gasteiger partial charge in [0.05, 0.1) is 0 Å². The monoisotopic (exact) mass is 312 g/mol. The smallest absolute Gasteiger partial charge is 0.0234 e. The van der Waals surface area contributed by atoms with Gasteiger partial charge in [0.1, 0.15) is 0 Å². The predicted molar refractivity (Wildman–Crippen MR) is 96.3 cm³/mol. The molecule has 23 heavy (non-hydrogen) atoms. The standard InChI is InChI=1S/C21H32N2/c1-20(2)18-9-10-21(20,3)19(15-18)23-13-11-22(12-14-23)16-17-7-5-4-6-8-17/h4-8,18-19H,9-16H2,1-3H3/t18-,19+,21+/m0/s1. The second-order valence-electron chi connectivity index (χ2n) is 8.92. The Labute approximate surface area is 141 Å². The lowest BCUT2D eigenvalue weighted by atomic mass is 9.68. The summed E-state index contributed by atoms with van der Waals surface area (Å²) in [5.74, 6) is 0.958. The largest absolute Gasteiger partial charge is 0.297 e. The predicted octanol–water partition coefficient (Wildman–Crippen LogP) is 4.02. The normalized spacial score (nSPS) is 37.3. The zero-order valence-corrected chi connectivity index (χ0v) is 15.1. The summed E-state index contributed by atoms with van der Waals surface area (Å²) in [6.45, 7) is 13.8. The molecule has 4 rings (SSSR count). The van der Waals surface area contributed by atoms with Crippen LogP contribution in [0, 0.1) is 16.7 Å². The minimum atomic E-state index is 0.541. The molecule has 1 aliphatic heterocycles. The van der Waals surface area contributed by atoms with Crippen LogP contribution in [-0.2, 0) is 6.54 Å². The molecule has 3 atom stereocenters. The van der Waals surface area contributed by atoms with Crippen molar-refractivity contribution >= 4 is 0 Å². The van der Waals surface area contributed by atoms with Gasteiger partial charge in [0.2, 0.25) is 0 Å². The van der Waals surface area contributed by atoms with Gasteiger partial charge in [-0.2, -0.15) is 0 Å². The Kier molecular flexibility index (Phi) is 3.81. The van der Waals surface area contributed by atoms with Crippen LogP contribution in [0.3, 0.4) is 0 Å². The first kappa shape index (κ1) is 15.7. The molecule has 126 valence electrons. The van der Waals surface area contributed by atoms with Crippen LogP contribution in [0.15, 0.2) is 30.3 Å². The van der Waals surface area contributed by atoms with Crippen molar-refractivity contribution in [1.29, 1.82) is 0 Å². The van der Waals surface area contributed by atoms with Crippen molar-refractivity contribution < 1.29 is 0 Å². The van der Waals surface area contributed by atoms with E-state index in [4.69, 9.17) is 0 Å². The summed E-state index contributed by atoms with van der Waals surface area (Å²) in [5, 5.41) is 0. The molecular weight excluding hydrogens is 280 g/mol. The molecule has 2 heteroatoms. The Morgan fingerprint density at radius 2 is 1.70 bits per heavy atom. The van der Waals surface area contributed by atoms with E-state index in [2.05, 4.69) is 60.9 Å². The summed E-state index contributed by atoms with van der Waals surface area (Å²) < 4.78 is 0. The fourth-order valence-electron chi connectivity index (χ4n) is 5.79. The zero-order valence-electron chi connectivity index (χ0n) is 15.1. The maximum absolute atomic E-state index is 2.84. The van der Waals surface area contributed by atoms with Crippen LogP contribution in [0.2, 0.25) is 0 Å². The average molecular weight is 313 g/mol. The van der Waals surface area contributed by atoms with E-state index < -0.39 is 0 Å². The average Bonchev–Trinajstić information content (AvgIpc) is 2.90. The van der Waals surface area contributed by atoms with E-state index in [1.165, 1.54) is 51.0 Å². The van der Waals surface area contributed by atoms with Gasteiger partial charge in [-0.15, -0.1) is 0 Å². The summed E-state index contributed by atoms with van der Waals surface area (Å²) >= 11 is 0. The molecule has 3 fully saturated rings. The first-order valence-corrected chi connectivity index (χ1v) is 9.51. The molecule has 0 N–H and O–H groups in total. The number of fused-ring (bicyclic) bond motifs is 2. The lowest BCUT2D eigenvalue weighted by molar-refractivity contribution is 0.0113. The fraction of sp³-hybridized carbons (Fsp3) is 0.714. The Hall–Kier alpha value is -0.860. The van der Waals surface area contributed by atoms with Gasteiger partial charge in [0.15, 0.2) is 0 Å². The molecule has 2 nitrogen and oxygen atoms in total. The molecular formula is C21H32N2. The molecule has 2 saturated carbocycles. The Bertz CT molecular complexity index is 544. The van der Waals surface area contributed by atoms with Crippen molar-refractivity contribution in [3.8, 4) is 0 Å². The summed E-state index contributed by atoms with van der Waals surface area (Å²) in [5.41, 5.74) is 2.53. The molecule has 0 amide bonds. The number of benzene rings is 1. The summed E-state index contributed by atoms with van der Waals surface area (Å²) in [6, 6.07) is 11.8. The molecule has 2 bridgehead atoms. The molecule has 0 aromatic heterocycles. The van der Waals surface area contributed by atoms with Crippen LogP contribution >= 0.6 is 0 Å². The van der Waals surface area contributed by atoms with Crippen molar-refractivity contribution in [3.63, 3.8) is 0 Å². The van der Waals surface area contributed by atoms with Crippen LogP contribution in [0.1, 0.15) is 45.6 Å². The lowest BCUT2D eigenvalue weighted by Gasteiger charge is -2.47. The van der Waals surface area contributed by atoms with Crippen LogP contribution < -0.4 is 0 Å². The van der Waals surface area contributed by atoms with Gasteiger partial charge in [0.25, 0.3) is 0 Å². The minimum Gasteiger partial charge on any atom is -0.297 e. The number of piperazine rings is 1. The van der Waals surface area contributed by atoms with Crippen molar-refractivity contribution in [3.05, 3.63) is 35.9 Å². The lowest BCUT2D eigenvalue weighted by Crippen LogP contribution is -2.54. The third-order valence-corrected chi connectivity index (χ3v) is 7.84. The molecule has 2 aliphatic carbocycles. The SMILES string of the molecule is CC1(C)[C@H]2CC[C@]1(C)[C@H](N1CCN(Cc3ccccc3)CC1)C2. The van der Waals surface area contributed by atoms with Crippen molar-refractivity contribution in [2.45, 2.75) is 52.6 Å². The number of hydrogen-bond donors (Lipinski definition) is 0. The first-order chi connectivity index (χ1) is 11.0. The second kappa shape index (κ2) is 5.60. The fourth-order valence-corrected chi connectivity index (χ4v) is 5.79. The number of hydrogen-bond acceptors (Lipinski definition) is 2. The van der Waals surface area contributed by atoms with E-state index in [1.807, 2.05) is 0 Å². The van der Waals surface area contributed by atoms with Gasteiger partial charge in [-0.1, -0.05) is 51.1 Å². The van der Waals surface area contributed by atoms with E-state index >= 15 is 0 Å². The highest BCUT2D eigenvalue weighted by atomic mass is 15.3. The van der Waals surface area contributed by atoms with E-state index in [0.717, 1.165) is 18.5 Å². The van der Waals surface area contributed by atoms with Crippen LogP contribution in [0.25, 0.3) is 0 Å². The van der Waals surface area contributed by atoms with E-state index in [-0.39, 0.29) is 0 Å². The van der Waals surface area contributed by atoms with Crippen LogP contribution in [-0.4, -0.2) is 42.0 Å². The van der Waals surface area contributed by atoms with Gasteiger partial charge >= 0.3 is 0 Å².